The quantitative estimate of drug-likeness (QED) is 0.253. The van der Waals surface area contributed by atoms with Crippen molar-refractivity contribution in [3.05, 3.63) is 89.2 Å². The van der Waals surface area contributed by atoms with Gasteiger partial charge >= 0.3 is 0 Å². The molecule has 1 N–H and O–H groups in total. The number of carbonyl (C=O) groups excluding carboxylic acids is 2. The standard InChI is InChI=1S/C29H27NO4/c1-17-6-8-22(9-7-17)26-16-34-29-19(3)28(33-5)24(15-25(26)29)18(2)14-27(32)30-23-12-10-21(11-13-23)20(4)31/h6-16H,1-5H3,(H,30,32)/b18-14+. The van der Waals surface area contributed by atoms with Crippen LogP contribution in [0.5, 0.6) is 5.75 Å². The zero-order valence-corrected chi connectivity index (χ0v) is 20.0. The van der Waals surface area contributed by atoms with Crippen LogP contribution in [0.15, 0.2) is 71.4 Å². The molecule has 5 heteroatoms. The largest absolute Gasteiger partial charge is 0.496 e. The number of methoxy groups -OCH3 is 1. The third kappa shape index (κ3) is 4.50. The normalized spacial score (nSPS) is 11.5. The van der Waals surface area contributed by atoms with E-state index in [4.69, 9.17) is 9.15 Å². The summed E-state index contributed by atoms with van der Waals surface area (Å²) in [5.74, 6) is 0.388. The first-order valence-corrected chi connectivity index (χ1v) is 11.0. The predicted octanol–water partition coefficient (Wildman–Crippen LogP) is 6.97. The van der Waals surface area contributed by atoms with Crippen molar-refractivity contribution in [2.45, 2.75) is 27.7 Å². The Hall–Kier alpha value is -4.12. The van der Waals surface area contributed by atoms with Crippen LogP contribution < -0.4 is 10.1 Å². The molecule has 5 nitrogen and oxygen atoms in total. The monoisotopic (exact) mass is 453 g/mol. The van der Waals surface area contributed by atoms with Crippen LogP contribution in [0.4, 0.5) is 5.69 Å². The van der Waals surface area contributed by atoms with Crippen LogP contribution in [0.25, 0.3) is 27.7 Å². The van der Waals surface area contributed by atoms with Gasteiger partial charge in [-0.3, -0.25) is 9.59 Å². The highest BCUT2D eigenvalue weighted by molar-refractivity contribution is 6.06. The van der Waals surface area contributed by atoms with Gasteiger partial charge < -0.3 is 14.5 Å². The van der Waals surface area contributed by atoms with Gasteiger partial charge in [0.15, 0.2) is 5.78 Å². The minimum Gasteiger partial charge on any atom is -0.496 e. The van der Waals surface area contributed by atoms with Crippen molar-refractivity contribution >= 4 is 33.9 Å². The lowest BCUT2D eigenvalue weighted by Gasteiger charge is -2.13. The van der Waals surface area contributed by atoms with Gasteiger partial charge in [0.05, 0.1) is 13.4 Å². The molecule has 0 unspecified atom stereocenters. The molecule has 4 rings (SSSR count). The van der Waals surface area contributed by atoms with E-state index in [9.17, 15) is 9.59 Å². The Morgan fingerprint density at radius 2 is 1.65 bits per heavy atom. The van der Waals surface area contributed by atoms with E-state index < -0.39 is 0 Å². The lowest BCUT2D eigenvalue weighted by molar-refractivity contribution is -0.111. The molecule has 34 heavy (non-hydrogen) atoms. The fourth-order valence-corrected chi connectivity index (χ4v) is 4.07. The zero-order valence-electron chi connectivity index (χ0n) is 20.0. The predicted molar refractivity (Wildman–Crippen MR) is 136 cm³/mol. The molecule has 0 aliphatic heterocycles. The number of Topliss-reactive ketones (excluding diaryl/α,β-unsaturated/α-hetero) is 1. The lowest BCUT2D eigenvalue weighted by Crippen LogP contribution is -2.09. The highest BCUT2D eigenvalue weighted by atomic mass is 16.5. The van der Waals surface area contributed by atoms with Gasteiger partial charge in [-0.15, -0.1) is 0 Å². The maximum atomic E-state index is 12.7. The summed E-state index contributed by atoms with van der Waals surface area (Å²) in [5.41, 5.74) is 7.69. The number of hydrogen-bond acceptors (Lipinski definition) is 4. The second kappa shape index (κ2) is 9.40. The average molecular weight is 454 g/mol. The number of furan rings is 1. The number of anilines is 1. The number of amides is 1. The number of hydrogen-bond donors (Lipinski definition) is 1. The lowest BCUT2D eigenvalue weighted by atomic mass is 9.96. The number of nitrogens with one attached hydrogen (secondary N) is 1. The minimum absolute atomic E-state index is 0.0178. The summed E-state index contributed by atoms with van der Waals surface area (Å²) in [6.45, 7) is 7.40. The van der Waals surface area contributed by atoms with Crippen LogP contribution in [0.2, 0.25) is 0 Å². The summed E-state index contributed by atoms with van der Waals surface area (Å²) in [5, 5.41) is 3.81. The van der Waals surface area contributed by atoms with Gasteiger partial charge in [-0.1, -0.05) is 29.8 Å². The summed E-state index contributed by atoms with van der Waals surface area (Å²) < 4.78 is 11.6. The van der Waals surface area contributed by atoms with Crippen LogP contribution in [0.1, 0.15) is 40.9 Å². The van der Waals surface area contributed by atoms with Gasteiger partial charge in [0, 0.05) is 39.4 Å². The smallest absolute Gasteiger partial charge is 0.248 e. The second-order valence-corrected chi connectivity index (χ2v) is 8.42. The highest BCUT2D eigenvalue weighted by Gasteiger charge is 2.19. The molecule has 0 aliphatic carbocycles. The summed E-state index contributed by atoms with van der Waals surface area (Å²) in [6, 6.07) is 17.1. The first-order valence-electron chi connectivity index (χ1n) is 11.0. The molecule has 0 saturated heterocycles. The molecule has 172 valence electrons. The zero-order chi connectivity index (χ0) is 24.4. The molecule has 0 spiro atoms. The molecule has 0 atom stereocenters. The number of rotatable bonds is 6. The fourth-order valence-electron chi connectivity index (χ4n) is 4.07. The average Bonchev–Trinajstić information content (AvgIpc) is 3.24. The molecule has 1 aromatic heterocycles. The second-order valence-electron chi connectivity index (χ2n) is 8.42. The molecule has 0 bridgehead atoms. The van der Waals surface area contributed by atoms with E-state index in [1.165, 1.54) is 12.5 Å². The molecule has 4 aromatic rings. The molecular weight excluding hydrogens is 426 g/mol. The first-order chi connectivity index (χ1) is 16.3. The van der Waals surface area contributed by atoms with Crippen molar-refractivity contribution in [3.63, 3.8) is 0 Å². The van der Waals surface area contributed by atoms with Crippen LogP contribution >= 0.6 is 0 Å². The van der Waals surface area contributed by atoms with Crippen molar-refractivity contribution in [3.8, 4) is 16.9 Å². The van der Waals surface area contributed by atoms with Gasteiger partial charge in [0.25, 0.3) is 0 Å². The van der Waals surface area contributed by atoms with Gasteiger partial charge in [0.2, 0.25) is 5.91 Å². The number of carbonyl (C=O) groups is 2. The van der Waals surface area contributed by atoms with Crippen molar-refractivity contribution in [1.82, 2.24) is 0 Å². The highest BCUT2D eigenvalue weighted by Crippen LogP contribution is 2.40. The summed E-state index contributed by atoms with van der Waals surface area (Å²) >= 11 is 0. The molecule has 0 aliphatic rings. The van der Waals surface area contributed by atoms with E-state index in [0.717, 1.165) is 38.8 Å². The molecular formula is C29H27NO4. The van der Waals surface area contributed by atoms with Crippen molar-refractivity contribution in [1.29, 1.82) is 0 Å². The van der Waals surface area contributed by atoms with E-state index in [1.54, 1.807) is 43.7 Å². The third-order valence-electron chi connectivity index (χ3n) is 5.94. The number of ketones is 1. The van der Waals surface area contributed by atoms with Crippen LogP contribution in [0, 0.1) is 13.8 Å². The summed E-state index contributed by atoms with van der Waals surface area (Å²) in [6.07, 6.45) is 3.32. The minimum atomic E-state index is -0.265. The Labute approximate surface area is 199 Å². The molecule has 3 aromatic carbocycles. The van der Waals surface area contributed by atoms with E-state index in [1.807, 2.05) is 19.9 Å². The van der Waals surface area contributed by atoms with E-state index in [2.05, 4.69) is 36.5 Å². The molecule has 0 radical (unpaired) electrons. The number of ether oxygens (including phenoxy) is 1. The Morgan fingerprint density at radius 1 is 0.971 bits per heavy atom. The van der Waals surface area contributed by atoms with Crippen molar-refractivity contribution in [2.24, 2.45) is 0 Å². The topological polar surface area (TPSA) is 68.5 Å². The van der Waals surface area contributed by atoms with Gasteiger partial charge in [-0.05, 0) is 69.2 Å². The third-order valence-corrected chi connectivity index (χ3v) is 5.94. The van der Waals surface area contributed by atoms with Crippen molar-refractivity contribution in [2.75, 3.05) is 12.4 Å². The fraction of sp³-hybridized carbons (Fsp3) is 0.172. The van der Waals surface area contributed by atoms with Crippen LogP contribution in [-0.4, -0.2) is 18.8 Å². The number of aryl methyl sites for hydroxylation is 2. The van der Waals surface area contributed by atoms with Crippen molar-refractivity contribution < 1.29 is 18.7 Å². The first kappa shape index (κ1) is 23.1. The van der Waals surface area contributed by atoms with Crippen LogP contribution in [0.3, 0.4) is 0 Å². The maximum absolute atomic E-state index is 12.7. The number of benzene rings is 3. The van der Waals surface area contributed by atoms with E-state index in [0.29, 0.717) is 17.0 Å². The SMILES string of the molecule is COc1c(/C(C)=C/C(=O)Nc2ccc(C(C)=O)cc2)cc2c(-c3ccc(C)cc3)coc2c1C. The summed E-state index contributed by atoms with van der Waals surface area (Å²) in [7, 11) is 1.62. The molecule has 1 heterocycles. The Kier molecular flexibility index (Phi) is 6.37. The van der Waals surface area contributed by atoms with Gasteiger partial charge in [-0.25, -0.2) is 0 Å². The maximum Gasteiger partial charge on any atom is 0.248 e. The van der Waals surface area contributed by atoms with E-state index in [-0.39, 0.29) is 11.7 Å². The number of fused-ring (bicyclic) bond motifs is 1. The Morgan fingerprint density at radius 3 is 2.26 bits per heavy atom. The van der Waals surface area contributed by atoms with Gasteiger partial charge in [0.1, 0.15) is 11.3 Å². The number of allylic oxidation sites excluding steroid dienone is 1. The van der Waals surface area contributed by atoms with E-state index >= 15 is 0 Å². The molecule has 0 fully saturated rings. The van der Waals surface area contributed by atoms with Gasteiger partial charge in [-0.2, -0.15) is 0 Å². The van der Waals surface area contributed by atoms with Crippen LogP contribution in [-0.2, 0) is 4.79 Å². The molecule has 0 saturated carbocycles. The summed E-state index contributed by atoms with van der Waals surface area (Å²) in [4.78, 5) is 24.2. The Balaban J connectivity index is 1.70. The Bertz CT molecular complexity index is 1410. The molecule has 1 amide bonds.